The molecule has 1 aliphatic heterocycles. The lowest BCUT2D eigenvalue weighted by Gasteiger charge is -2.33. The first kappa shape index (κ1) is 15.7. The van der Waals surface area contributed by atoms with Crippen molar-refractivity contribution in [2.24, 2.45) is 0 Å². The number of hydrogen-bond donors (Lipinski definition) is 2. The van der Waals surface area contributed by atoms with E-state index in [4.69, 9.17) is 4.52 Å². The van der Waals surface area contributed by atoms with Gasteiger partial charge in [0.05, 0.1) is 11.7 Å². The molecule has 25 heavy (non-hydrogen) atoms. The molecule has 0 aliphatic carbocycles. The van der Waals surface area contributed by atoms with Crippen LogP contribution in [0.4, 0.5) is 4.79 Å². The number of carbonyl (C=O) groups excluding carboxylic acids is 1. The molecule has 3 heterocycles. The topological polar surface area (TPSA) is 74.2 Å². The van der Waals surface area contributed by atoms with Gasteiger partial charge in [-0.25, -0.2) is 4.79 Å². The summed E-state index contributed by atoms with van der Waals surface area (Å²) in [5.74, 6) is 0.752. The van der Waals surface area contributed by atoms with Gasteiger partial charge in [0.2, 0.25) is 0 Å². The van der Waals surface area contributed by atoms with Gasteiger partial charge in [-0.15, -0.1) is 0 Å². The van der Waals surface area contributed by atoms with Crippen molar-refractivity contribution in [1.82, 2.24) is 20.4 Å². The molecular weight excluding hydrogens is 316 g/mol. The molecule has 1 aliphatic rings. The number of urea groups is 1. The Balaban J connectivity index is 1.53. The Morgan fingerprint density at radius 3 is 2.96 bits per heavy atom. The van der Waals surface area contributed by atoms with Crippen LogP contribution in [0.5, 0.6) is 0 Å². The lowest BCUT2D eigenvalue weighted by Crippen LogP contribution is -2.44. The summed E-state index contributed by atoms with van der Waals surface area (Å²) < 4.78 is 5.15. The molecular formula is C19H22N4O2. The molecule has 3 aromatic rings. The largest absolute Gasteiger partial charge is 0.361 e. The molecule has 4 rings (SSSR count). The summed E-state index contributed by atoms with van der Waals surface area (Å²) in [5.41, 5.74) is 5.38. The first-order chi connectivity index (χ1) is 12.1. The van der Waals surface area contributed by atoms with E-state index in [1.807, 2.05) is 24.8 Å². The maximum atomic E-state index is 12.7. The van der Waals surface area contributed by atoms with Crippen LogP contribution in [0.25, 0.3) is 10.9 Å². The Labute approximate surface area is 146 Å². The Kier molecular flexibility index (Phi) is 3.75. The molecule has 0 fully saturated rings. The second kappa shape index (κ2) is 5.95. The summed E-state index contributed by atoms with van der Waals surface area (Å²) in [4.78, 5) is 18.1. The maximum absolute atomic E-state index is 12.7. The molecule has 2 N–H and O–H groups in total. The van der Waals surface area contributed by atoms with E-state index in [1.54, 1.807) is 0 Å². The van der Waals surface area contributed by atoms with Crippen molar-refractivity contribution >= 4 is 16.9 Å². The van der Waals surface area contributed by atoms with Gasteiger partial charge in [-0.3, -0.25) is 0 Å². The Hall–Kier alpha value is -2.76. The zero-order valence-electron chi connectivity index (χ0n) is 14.7. The van der Waals surface area contributed by atoms with Crippen molar-refractivity contribution in [3.63, 3.8) is 0 Å². The van der Waals surface area contributed by atoms with E-state index >= 15 is 0 Å². The number of aromatic amines is 1. The zero-order valence-corrected chi connectivity index (χ0v) is 14.7. The normalized spacial score (nSPS) is 16.9. The van der Waals surface area contributed by atoms with Gasteiger partial charge in [0, 0.05) is 35.2 Å². The van der Waals surface area contributed by atoms with Crippen LogP contribution in [0.2, 0.25) is 0 Å². The van der Waals surface area contributed by atoms with Gasteiger partial charge in [-0.1, -0.05) is 23.4 Å². The summed E-state index contributed by atoms with van der Waals surface area (Å²) in [7, 11) is 0. The van der Waals surface area contributed by atoms with Gasteiger partial charge in [-0.2, -0.15) is 0 Å². The van der Waals surface area contributed by atoms with Crippen LogP contribution in [-0.4, -0.2) is 27.6 Å². The molecule has 0 bridgehead atoms. The highest BCUT2D eigenvalue weighted by molar-refractivity contribution is 5.86. The Bertz CT molecular complexity index is 921. The number of H-pyrrole nitrogens is 1. The second-order valence-corrected chi connectivity index (χ2v) is 6.64. The summed E-state index contributed by atoms with van der Waals surface area (Å²) in [5, 5.41) is 8.20. The molecule has 1 aromatic carbocycles. The summed E-state index contributed by atoms with van der Waals surface area (Å²) in [6.07, 6.45) is 0.864. The maximum Gasteiger partial charge on any atom is 0.318 e. The van der Waals surface area contributed by atoms with Crippen molar-refractivity contribution in [2.45, 2.75) is 39.8 Å². The van der Waals surface area contributed by atoms with Crippen LogP contribution in [0.15, 0.2) is 28.8 Å². The third-order valence-corrected chi connectivity index (χ3v) is 5.19. The summed E-state index contributed by atoms with van der Waals surface area (Å²) in [6, 6.07) is 8.28. The molecule has 130 valence electrons. The molecule has 1 atom stereocenters. The standard InChI is InChI=1S/C19H22N4O2/c1-11-16(13(3)25-22-11)10-20-19(24)23-9-8-15-14-6-4-5-7-17(14)21-18(15)12(23)2/h4-7,12,21H,8-10H2,1-3H3,(H,20,24)/t12-/m0/s1. The highest BCUT2D eigenvalue weighted by atomic mass is 16.5. The van der Waals surface area contributed by atoms with E-state index in [2.05, 4.69) is 40.6 Å². The molecule has 2 aromatic heterocycles. The number of nitrogens with zero attached hydrogens (tertiary/aromatic N) is 2. The molecule has 0 unspecified atom stereocenters. The minimum Gasteiger partial charge on any atom is -0.361 e. The van der Waals surface area contributed by atoms with Gasteiger partial charge < -0.3 is 19.7 Å². The Morgan fingerprint density at radius 1 is 1.40 bits per heavy atom. The van der Waals surface area contributed by atoms with Crippen LogP contribution < -0.4 is 5.32 Å². The van der Waals surface area contributed by atoms with Crippen molar-refractivity contribution in [2.75, 3.05) is 6.54 Å². The molecule has 6 nitrogen and oxygen atoms in total. The third-order valence-electron chi connectivity index (χ3n) is 5.19. The van der Waals surface area contributed by atoms with Gasteiger partial charge in [0.25, 0.3) is 0 Å². The predicted molar refractivity (Wildman–Crippen MR) is 95.3 cm³/mol. The number of carbonyl (C=O) groups is 1. The van der Waals surface area contributed by atoms with E-state index in [1.165, 1.54) is 10.9 Å². The van der Waals surface area contributed by atoms with E-state index in [0.717, 1.165) is 34.6 Å². The number of para-hydroxylation sites is 1. The zero-order chi connectivity index (χ0) is 17.6. The molecule has 0 saturated carbocycles. The monoisotopic (exact) mass is 338 g/mol. The number of amides is 2. The van der Waals surface area contributed by atoms with Crippen molar-refractivity contribution in [3.8, 4) is 0 Å². The quantitative estimate of drug-likeness (QED) is 0.750. The van der Waals surface area contributed by atoms with Crippen molar-refractivity contribution in [3.05, 3.63) is 52.5 Å². The second-order valence-electron chi connectivity index (χ2n) is 6.64. The smallest absolute Gasteiger partial charge is 0.318 e. The minimum absolute atomic E-state index is 0.0146. The lowest BCUT2D eigenvalue weighted by atomic mass is 9.98. The first-order valence-electron chi connectivity index (χ1n) is 8.62. The van der Waals surface area contributed by atoms with Crippen molar-refractivity contribution < 1.29 is 9.32 Å². The van der Waals surface area contributed by atoms with Gasteiger partial charge in [0.1, 0.15) is 5.76 Å². The van der Waals surface area contributed by atoms with Crippen LogP contribution in [0.1, 0.15) is 41.2 Å². The van der Waals surface area contributed by atoms with Crippen LogP contribution in [0, 0.1) is 13.8 Å². The number of aryl methyl sites for hydroxylation is 2. The number of fused-ring (bicyclic) bond motifs is 3. The van der Waals surface area contributed by atoms with E-state index in [-0.39, 0.29) is 12.1 Å². The predicted octanol–water partition coefficient (Wildman–Crippen LogP) is 3.60. The number of rotatable bonds is 2. The highest BCUT2D eigenvalue weighted by Gasteiger charge is 2.30. The number of nitrogens with one attached hydrogen (secondary N) is 2. The molecule has 0 radical (unpaired) electrons. The fourth-order valence-electron chi connectivity index (χ4n) is 3.73. The van der Waals surface area contributed by atoms with Crippen LogP contribution in [-0.2, 0) is 13.0 Å². The highest BCUT2D eigenvalue weighted by Crippen LogP contribution is 2.34. The number of aromatic nitrogens is 2. The average molecular weight is 338 g/mol. The lowest BCUT2D eigenvalue weighted by molar-refractivity contribution is 0.173. The van der Waals surface area contributed by atoms with Gasteiger partial charge in [0.15, 0.2) is 0 Å². The molecule has 6 heteroatoms. The van der Waals surface area contributed by atoms with Gasteiger partial charge in [-0.05, 0) is 38.8 Å². The van der Waals surface area contributed by atoms with E-state index < -0.39 is 0 Å². The summed E-state index contributed by atoms with van der Waals surface area (Å²) in [6.45, 7) is 6.97. The summed E-state index contributed by atoms with van der Waals surface area (Å²) >= 11 is 0. The SMILES string of the molecule is Cc1noc(C)c1CNC(=O)N1CCc2c([nH]c3ccccc23)[C@@H]1C. The average Bonchev–Trinajstić information content (AvgIpc) is 3.14. The molecule has 2 amide bonds. The van der Waals surface area contributed by atoms with Gasteiger partial charge >= 0.3 is 6.03 Å². The van der Waals surface area contributed by atoms with E-state index in [0.29, 0.717) is 13.1 Å². The minimum atomic E-state index is -0.0585. The fraction of sp³-hybridized carbons (Fsp3) is 0.368. The molecule has 0 spiro atoms. The number of hydrogen-bond acceptors (Lipinski definition) is 3. The fourth-order valence-corrected chi connectivity index (χ4v) is 3.73. The Morgan fingerprint density at radius 2 is 2.20 bits per heavy atom. The van der Waals surface area contributed by atoms with Crippen molar-refractivity contribution in [1.29, 1.82) is 0 Å². The molecule has 0 saturated heterocycles. The van der Waals surface area contributed by atoms with Crippen LogP contribution in [0.3, 0.4) is 0 Å². The number of benzene rings is 1. The third kappa shape index (κ3) is 2.58. The van der Waals surface area contributed by atoms with E-state index in [9.17, 15) is 4.79 Å². The first-order valence-corrected chi connectivity index (χ1v) is 8.62. The van der Waals surface area contributed by atoms with Crippen LogP contribution >= 0.6 is 0 Å².